The van der Waals surface area contributed by atoms with Gasteiger partial charge in [-0.2, -0.15) is 0 Å². The molecule has 8 nitrogen and oxygen atoms in total. The zero-order chi connectivity index (χ0) is 18.6. The summed E-state index contributed by atoms with van der Waals surface area (Å²) in [6, 6.07) is 10.5. The van der Waals surface area contributed by atoms with E-state index in [0.29, 0.717) is 15.5 Å². The molecule has 10 heteroatoms. The van der Waals surface area contributed by atoms with E-state index in [1.54, 1.807) is 24.3 Å². The fourth-order valence-corrected chi connectivity index (χ4v) is 3.60. The van der Waals surface area contributed by atoms with Gasteiger partial charge in [0.1, 0.15) is 0 Å². The molecule has 0 saturated heterocycles. The molecule has 25 heavy (non-hydrogen) atoms. The van der Waals surface area contributed by atoms with Gasteiger partial charge in [-0.05, 0) is 43.4 Å². The van der Waals surface area contributed by atoms with Crippen LogP contribution in [0.2, 0.25) is 0 Å². The van der Waals surface area contributed by atoms with E-state index in [2.05, 4.69) is 10.0 Å². The van der Waals surface area contributed by atoms with E-state index in [4.69, 9.17) is 0 Å². The minimum Gasteiger partial charge on any atom is -0.326 e. The van der Waals surface area contributed by atoms with Crippen molar-refractivity contribution in [2.75, 3.05) is 12.4 Å². The summed E-state index contributed by atoms with van der Waals surface area (Å²) in [6.45, 7) is 1.40. The summed E-state index contributed by atoms with van der Waals surface area (Å²) in [4.78, 5) is 22.5. The SMILES string of the molecule is CNS(=O)(=O)c1ccc(Sc2ccc(NC(C)=O)cc2)c([N+](=O)[O-])c1. The van der Waals surface area contributed by atoms with Crippen molar-refractivity contribution in [3.63, 3.8) is 0 Å². The van der Waals surface area contributed by atoms with Gasteiger partial charge >= 0.3 is 0 Å². The van der Waals surface area contributed by atoms with Crippen molar-refractivity contribution >= 4 is 39.1 Å². The van der Waals surface area contributed by atoms with Gasteiger partial charge in [0.25, 0.3) is 5.69 Å². The van der Waals surface area contributed by atoms with E-state index < -0.39 is 14.9 Å². The number of hydrogen-bond donors (Lipinski definition) is 2. The highest BCUT2D eigenvalue weighted by atomic mass is 32.2. The van der Waals surface area contributed by atoms with Gasteiger partial charge in [0.2, 0.25) is 15.9 Å². The van der Waals surface area contributed by atoms with Gasteiger partial charge in [0, 0.05) is 23.6 Å². The molecule has 0 aromatic heterocycles. The minimum atomic E-state index is -3.76. The second kappa shape index (κ2) is 7.64. The van der Waals surface area contributed by atoms with Crippen LogP contribution in [-0.2, 0) is 14.8 Å². The molecule has 2 aromatic carbocycles. The number of nitrogens with one attached hydrogen (secondary N) is 2. The van der Waals surface area contributed by atoms with Crippen molar-refractivity contribution in [3.8, 4) is 0 Å². The lowest BCUT2D eigenvalue weighted by molar-refractivity contribution is -0.388. The number of carbonyl (C=O) groups is 1. The van der Waals surface area contributed by atoms with Crippen molar-refractivity contribution in [1.29, 1.82) is 0 Å². The maximum atomic E-state index is 11.8. The summed E-state index contributed by atoms with van der Waals surface area (Å²) < 4.78 is 25.7. The van der Waals surface area contributed by atoms with Crippen molar-refractivity contribution in [2.24, 2.45) is 0 Å². The fraction of sp³-hybridized carbons (Fsp3) is 0.133. The Morgan fingerprint density at radius 1 is 1.16 bits per heavy atom. The van der Waals surface area contributed by atoms with Crippen LogP contribution in [0.1, 0.15) is 6.92 Å². The molecule has 0 radical (unpaired) electrons. The standard InChI is InChI=1S/C15H15N3O5S2/c1-10(19)17-11-3-5-12(6-4-11)24-15-8-7-13(25(22,23)16-2)9-14(15)18(20)21/h3-9,16H,1-2H3,(H,17,19). The van der Waals surface area contributed by atoms with Gasteiger partial charge in [0.15, 0.2) is 0 Å². The predicted molar refractivity (Wildman–Crippen MR) is 94.2 cm³/mol. The maximum Gasteiger partial charge on any atom is 0.284 e. The summed E-state index contributed by atoms with van der Waals surface area (Å²) in [7, 11) is -2.53. The lowest BCUT2D eigenvalue weighted by atomic mass is 10.3. The molecule has 0 heterocycles. The largest absolute Gasteiger partial charge is 0.326 e. The van der Waals surface area contributed by atoms with Crippen LogP contribution in [0.15, 0.2) is 57.2 Å². The Hall–Kier alpha value is -2.43. The number of nitrogens with zero attached hydrogens (tertiary/aromatic N) is 1. The third kappa shape index (κ3) is 4.78. The summed E-state index contributed by atoms with van der Waals surface area (Å²) >= 11 is 1.13. The topological polar surface area (TPSA) is 118 Å². The normalized spacial score (nSPS) is 11.1. The van der Waals surface area contributed by atoms with Crippen LogP contribution in [0.4, 0.5) is 11.4 Å². The summed E-state index contributed by atoms with van der Waals surface area (Å²) in [5, 5.41) is 13.9. The van der Waals surface area contributed by atoms with Crippen LogP contribution < -0.4 is 10.0 Å². The monoisotopic (exact) mass is 381 g/mol. The number of hydrogen-bond acceptors (Lipinski definition) is 6. The van der Waals surface area contributed by atoms with E-state index in [1.165, 1.54) is 26.1 Å². The molecule has 2 aromatic rings. The molecule has 0 saturated carbocycles. The zero-order valence-corrected chi connectivity index (χ0v) is 15.0. The molecule has 2 N–H and O–H groups in total. The highest BCUT2D eigenvalue weighted by molar-refractivity contribution is 7.99. The average Bonchev–Trinajstić information content (AvgIpc) is 2.56. The molecule has 0 spiro atoms. The molecule has 132 valence electrons. The third-order valence-corrected chi connectivity index (χ3v) is 5.59. The Morgan fingerprint density at radius 3 is 2.32 bits per heavy atom. The van der Waals surface area contributed by atoms with Crippen LogP contribution in [0, 0.1) is 10.1 Å². The number of nitro groups is 1. The van der Waals surface area contributed by atoms with Crippen LogP contribution in [0.25, 0.3) is 0 Å². The van der Waals surface area contributed by atoms with Crippen molar-refractivity contribution in [1.82, 2.24) is 4.72 Å². The molecule has 0 fully saturated rings. The first-order chi connectivity index (χ1) is 11.7. The number of amides is 1. The van der Waals surface area contributed by atoms with Gasteiger partial charge in [-0.15, -0.1) is 0 Å². The Balaban J connectivity index is 2.33. The quantitative estimate of drug-likeness (QED) is 0.586. The molecule has 0 aliphatic carbocycles. The molecule has 0 aliphatic heterocycles. The predicted octanol–water partition coefficient (Wildman–Crippen LogP) is 2.61. The van der Waals surface area contributed by atoms with Crippen molar-refractivity contribution in [2.45, 2.75) is 21.6 Å². The highest BCUT2D eigenvalue weighted by Gasteiger charge is 2.21. The van der Waals surface area contributed by atoms with Crippen LogP contribution in [0.3, 0.4) is 0 Å². The van der Waals surface area contributed by atoms with Gasteiger partial charge in [-0.25, -0.2) is 13.1 Å². The van der Waals surface area contributed by atoms with Gasteiger partial charge < -0.3 is 5.32 Å². The first kappa shape index (κ1) is 18.9. The molecule has 2 rings (SSSR count). The molecular formula is C15H15N3O5S2. The third-order valence-electron chi connectivity index (χ3n) is 3.11. The Morgan fingerprint density at radius 2 is 1.80 bits per heavy atom. The first-order valence-electron chi connectivity index (χ1n) is 7.00. The number of benzene rings is 2. The van der Waals surface area contributed by atoms with E-state index in [-0.39, 0.29) is 16.5 Å². The highest BCUT2D eigenvalue weighted by Crippen LogP contribution is 2.36. The van der Waals surface area contributed by atoms with Crippen molar-refractivity contribution < 1.29 is 18.1 Å². The number of sulfonamides is 1. The molecule has 0 unspecified atom stereocenters. The van der Waals surface area contributed by atoms with Gasteiger partial charge in [0.05, 0.1) is 14.7 Å². The zero-order valence-electron chi connectivity index (χ0n) is 13.3. The molecule has 0 bridgehead atoms. The Bertz CT molecular complexity index is 911. The lowest BCUT2D eigenvalue weighted by Gasteiger charge is -2.07. The molecule has 0 aliphatic rings. The Labute approximate surface area is 148 Å². The minimum absolute atomic E-state index is 0.174. The van der Waals surface area contributed by atoms with Crippen LogP contribution >= 0.6 is 11.8 Å². The van der Waals surface area contributed by atoms with E-state index in [0.717, 1.165) is 17.8 Å². The molecular weight excluding hydrogens is 366 g/mol. The maximum absolute atomic E-state index is 11.8. The summed E-state index contributed by atoms with van der Waals surface area (Å²) in [5.41, 5.74) is 0.314. The number of nitro benzene ring substituents is 1. The number of anilines is 1. The lowest BCUT2D eigenvalue weighted by Crippen LogP contribution is -2.18. The fourth-order valence-electron chi connectivity index (χ4n) is 1.95. The second-order valence-electron chi connectivity index (χ2n) is 4.90. The van der Waals surface area contributed by atoms with E-state index in [1.807, 2.05) is 0 Å². The average molecular weight is 381 g/mol. The van der Waals surface area contributed by atoms with Gasteiger partial charge in [-0.3, -0.25) is 14.9 Å². The first-order valence-corrected chi connectivity index (χ1v) is 9.30. The summed E-state index contributed by atoms with van der Waals surface area (Å²) in [6.07, 6.45) is 0. The van der Waals surface area contributed by atoms with Crippen LogP contribution in [0.5, 0.6) is 0 Å². The van der Waals surface area contributed by atoms with E-state index >= 15 is 0 Å². The second-order valence-corrected chi connectivity index (χ2v) is 7.90. The van der Waals surface area contributed by atoms with Crippen LogP contribution in [-0.4, -0.2) is 26.3 Å². The number of carbonyl (C=O) groups excluding carboxylic acids is 1. The molecule has 0 atom stereocenters. The van der Waals surface area contributed by atoms with E-state index in [9.17, 15) is 23.3 Å². The van der Waals surface area contributed by atoms with Gasteiger partial charge in [-0.1, -0.05) is 11.8 Å². The van der Waals surface area contributed by atoms with Crippen molar-refractivity contribution in [3.05, 3.63) is 52.6 Å². The summed E-state index contributed by atoms with van der Waals surface area (Å²) in [5.74, 6) is -0.197. The Kier molecular flexibility index (Phi) is 5.77. The number of rotatable bonds is 6. The molecule has 1 amide bonds. The smallest absolute Gasteiger partial charge is 0.284 e.